The molecule has 1 saturated heterocycles. The van der Waals surface area contributed by atoms with Crippen LogP contribution < -0.4 is 16.0 Å². The summed E-state index contributed by atoms with van der Waals surface area (Å²) in [5.41, 5.74) is 1.25. The molecule has 0 spiro atoms. The quantitative estimate of drug-likeness (QED) is 0.326. The molecular formula is C22H28F2N6O2. The molecule has 8 nitrogen and oxygen atoms in total. The van der Waals surface area contributed by atoms with E-state index in [1.54, 1.807) is 11.9 Å². The topological polar surface area (TPSA) is 113 Å². The number of ether oxygens (including phenoxy) is 1. The molecule has 2 aliphatic heterocycles. The van der Waals surface area contributed by atoms with Gasteiger partial charge in [-0.15, -0.1) is 0 Å². The molecule has 0 bridgehead atoms. The van der Waals surface area contributed by atoms with E-state index >= 15 is 0 Å². The minimum atomic E-state index is -1.14. The van der Waals surface area contributed by atoms with Gasteiger partial charge in [-0.05, 0) is 18.6 Å². The number of amides is 1. The molecule has 0 saturated carbocycles. The van der Waals surface area contributed by atoms with Crippen LogP contribution >= 0.6 is 0 Å². The summed E-state index contributed by atoms with van der Waals surface area (Å²) in [5.74, 6) is -2.48. The van der Waals surface area contributed by atoms with Crippen molar-refractivity contribution in [1.82, 2.24) is 15.5 Å². The number of carbonyl (C=O) groups excluding carboxylic acids is 1. The van der Waals surface area contributed by atoms with Crippen LogP contribution in [0.15, 0.2) is 29.6 Å². The van der Waals surface area contributed by atoms with Gasteiger partial charge < -0.3 is 31.0 Å². The van der Waals surface area contributed by atoms with Crippen LogP contribution in [0.1, 0.15) is 25.3 Å². The summed E-state index contributed by atoms with van der Waals surface area (Å²) in [4.78, 5) is 13.5. The summed E-state index contributed by atoms with van der Waals surface area (Å²) in [6, 6.07) is 2.80. The number of anilines is 1. The van der Waals surface area contributed by atoms with Crippen LogP contribution in [-0.4, -0.2) is 62.3 Å². The molecule has 1 unspecified atom stereocenters. The number of halogens is 2. The zero-order chi connectivity index (χ0) is 23.3. The number of benzene rings is 1. The van der Waals surface area contributed by atoms with Crippen LogP contribution in [0, 0.1) is 22.5 Å². The molecule has 0 radical (unpaired) electrons. The van der Waals surface area contributed by atoms with Gasteiger partial charge in [-0.2, -0.15) is 0 Å². The molecule has 1 atom stereocenters. The lowest BCUT2D eigenvalue weighted by Gasteiger charge is -2.32. The fourth-order valence-electron chi connectivity index (χ4n) is 3.75. The van der Waals surface area contributed by atoms with Crippen molar-refractivity contribution in [3.05, 3.63) is 46.8 Å². The SMILES string of the molecule is CN/C=C(\C=N)c1ccc(NC(=N)C2=C(NC3CCOC3)CCN(C(C)=O)C2)c(F)c1F. The van der Waals surface area contributed by atoms with Gasteiger partial charge in [-0.25, -0.2) is 8.78 Å². The normalized spacial score (nSPS) is 19.1. The first-order valence-electron chi connectivity index (χ1n) is 10.4. The van der Waals surface area contributed by atoms with Crippen LogP contribution in [0.25, 0.3) is 5.57 Å². The molecule has 32 heavy (non-hydrogen) atoms. The highest BCUT2D eigenvalue weighted by atomic mass is 19.2. The van der Waals surface area contributed by atoms with Crippen LogP contribution in [0.5, 0.6) is 0 Å². The standard InChI is InChI=1S/C22H28F2N6O2/c1-13(31)30-7-5-18(28-15-6-8-32-12-15)17(11-30)22(26)29-19-4-3-16(20(23)21(19)24)14(9-25)10-27-2/h3-4,9-10,15,25,27-28H,5-8,11-12H2,1-2H3,(H2,26,29)/b14-10+,25-9?. The summed E-state index contributed by atoms with van der Waals surface area (Å²) in [6.07, 6.45) is 3.69. The zero-order valence-electron chi connectivity index (χ0n) is 18.1. The molecule has 2 heterocycles. The Balaban J connectivity index is 1.87. The average molecular weight is 447 g/mol. The fraction of sp³-hybridized carbons (Fsp3) is 0.409. The number of nitrogens with zero attached hydrogens (tertiary/aromatic N) is 1. The van der Waals surface area contributed by atoms with Gasteiger partial charge >= 0.3 is 0 Å². The van der Waals surface area contributed by atoms with Gasteiger partial charge in [0.15, 0.2) is 11.6 Å². The lowest BCUT2D eigenvalue weighted by atomic mass is 10.0. The highest BCUT2D eigenvalue weighted by Gasteiger charge is 2.27. The second kappa shape index (κ2) is 10.4. The Morgan fingerprint density at radius 2 is 2.09 bits per heavy atom. The van der Waals surface area contributed by atoms with Gasteiger partial charge in [0, 0.05) is 68.4 Å². The lowest BCUT2D eigenvalue weighted by Crippen LogP contribution is -2.42. The Bertz CT molecular complexity index is 969. The van der Waals surface area contributed by atoms with Crippen molar-refractivity contribution in [3.63, 3.8) is 0 Å². The highest BCUT2D eigenvalue weighted by molar-refractivity contribution is 6.09. The number of allylic oxidation sites excluding steroid dienone is 1. The summed E-state index contributed by atoms with van der Waals surface area (Å²) in [7, 11) is 1.60. The first-order chi connectivity index (χ1) is 15.3. The molecule has 1 amide bonds. The number of nitrogens with one attached hydrogen (secondary N) is 5. The highest BCUT2D eigenvalue weighted by Crippen LogP contribution is 2.26. The number of hydrogen-bond acceptors (Lipinski definition) is 6. The van der Waals surface area contributed by atoms with Gasteiger partial charge in [-0.1, -0.05) is 0 Å². The Hall–Kier alpha value is -3.27. The van der Waals surface area contributed by atoms with Crippen molar-refractivity contribution >= 4 is 29.2 Å². The van der Waals surface area contributed by atoms with Gasteiger partial charge in [-0.3, -0.25) is 10.2 Å². The van der Waals surface area contributed by atoms with E-state index in [9.17, 15) is 13.6 Å². The number of amidine groups is 1. The maximum Gasteiger partial charge on any atom is 0.219 e. The summed E-state index contributed by atoms with van der Waals surface area (Å²) < 4.78 is 34.9. The number of rotatable bonds is 7. The molecule has 1 aromatic rings. The van der Waals surface area contributed by atoms with Crippen molar-refractivity contribution in [2.45, 2.75) is 25.8 Å². The Kier molecular flexibility index (Phi) is 7.57. The lowest BCUT2D eigenvalue weighted by molar-refractivity contribution is -0.128. The number of hydrogen-bond donors (Lipinski definition) is 5. The minimum absolute atomic E-state index is 0.0628. The molecule has 3 rings (SSSR count). The predicted octanol–water partition coefficient (Wildman–Crippen LogP) is 2.45. The van der Waals surface area contributed by atoms with E-state index in [-0.39, 0.29) is 41.2 Å². The minimum Gasteiger partial charge on any atom is -0.393 e. The van der Waals surface area contributed by atoms with E-state index in [4.69, 9.17) is 15.6 Å². The van der Waals surface area contributed by atoms with E-state index in [1.807, 2.05) is 0 Å². The molecular weight excluding hydrogens is 418 g/mol. The molecule has 172 valence electrons. The van der Waals surface area contributed by atoms with Gasteiger partial charge in [0.1, 0.15) is 5.84 Å². The second-order valence-electron chi connectivity index (χ2n) is 7.67. The molecule has 0 aromatic heterocycles. The van der Waals surface area contributed by atoms with Crippen LogP contribution in [0.3, 0.4) is 0 Å². The smallest absolute Gasteiger partial charge is 0.219 e. The van der Waals surface area contributed by atoms with Crippen LogP contribution in [0.4, 0.5) is 14.5 Å². The first-order valence-corrected chi connectivity index (χ1v) is 10.4. The third kappa shape index (κ3) is 5.13. The van der Waals surface area contributed by atoms with E-state index in [2.05, 4.69) is 16.0 Å². The van der Waals surface area contributed by atoms with Crippen molar-refractivity contribution < 1.29 is 18.3 Å². The molecule has 0 aliphatic carbocycles. The van der Waals surface area contributed by atoms with Crippen molar-refractivity contribution in [2.24, 2.45) is 0 Å². The van der Waals surface area contributed by atoms with Gasteiger partial charge in [0.25, 0.3) is 0 Å². The third-order valence-electron chi connectivity index (χ3n) is 5.51. The number of carbonyl (C=O) groups is 1. The third-order valence-corrected chi connectivity index (χ3v) is 5.51. The monoisotopic (exact) mass is 446 g/mol. The molecule has 5 N–H and O–H groups in total. The summed E-state index contributed by atoms with van der Waals surface area (Å²) in [5, 5.41) is 24.7. The van der Waals surface area contributed by atoms with E-state index < -0.39 is 11.6 Å². The van der Waals surface area contributed by atoms with Crippen LogP contribution in [-0.2, 0) is 9.53 Å². The second-order valence-corrected chi connectivity index (χ2v) is 7.67. The summed E-state index contributed by atoms with van der Waals surface area (Å²) >= 11 is 0. The molecule has 2 aliphatic rings. The predicted molar refractivity (Wildman–Crippen MR) is 120 cm³/mol. The summed E-state index contributed by atoms with van der Waals surface area (Å²) in [6.45, 7) is 3.40. The van der Waals surface area contributed by atoms with Crippen molar-refractivity contribution in [3.8, 4) is 0 Å². The van der Waals surface area contributed by atoms with Crippen molar-refractivity contribution in [1.29, 1.82) is 10.8 Å². The average Bonchev–Trinajstić information content (AvgIpc) is 3.29. The Morgan fingerprint density at radius 3 is 2.72 bits per heavy atom. The Labute approximate surface area is 185 Å². The van der Waals surface area contributed by atoms with E-state index in [0.29, 0.717) is 31.8 Å². The molecule has 10 heteroatoms. The van der Waals surface area contributed by atoms with E-state index in [1.165, 1.54) is 25.3 Å². The molecule has 1 aromatic carbocycles. The Morgan fingerprint density at radius 1 is 1.31 bits per heavy atom. The van der Waals surface area contributed by atoms with Gasteiger partial charge in [0.2, 0.25) is 5.91 Å². The van der Waals surface area contributed by atoms with Crippen LogP contribution in [0.2, 0.25) is 0 Å². The first kappa shape index (κ1) is 23.4. The van der Waals surface area contributed by atoms with Crippen molar-refractivity contribution in [2.75, 3.05) is 38.7 Å². The van der Waals surface area contributed by atoms with Gasteiger partial charge in [0.05, 0.1) is 24.9 Å². The maximum atomic E-state index is 14.8. The zero-order valence-corrected chi connectivity index (χ0v) is 18.1. The van der Waals surface area contributed by atoms with E-state index in [0.717, 1.165) is 18.3 Å². The molecule has 1 fully saturated rings. The fourth-order valence-corrected chi connectivity index (χ4v) is 3.75. The maximum absolute atomic E-state index is 14.8. The largest absolute Gasteiger partial charge is 0.393 e.